The number of aliphatic carboxylic acids is 1. The van der Waals surface area contributed by atoms with Gasteiger partial charge in [0.15, 0.2) is 17.6 Å². The average Bonchev–Trinajstić information content (AvgIpc) is 3.60. The lowest BCUT2D eigenvalue weighted by molar-refractivity contribution is -0.160. The van der Waals surface area contributed by atoms with Gasteiger partial charge in [0, 0.05) is 44.1 Å². The van der Waals surface area contributed by atoms with Crippen LogP contribution in [0.1, 0.15) is 81.9 Å². The third-order valence-electron chi connectivity index (χ3n) is 8.35. The van der Waals surface area contributed by atoms with Crippen molar-refractivity contribution in [2.45, 2.75) is 84.0 Å². The first-order valence-corrected chi connectivity index (χ1v) is 15.4. The minimum Gasteiger partial charge on any atom is -0.493 e. The first-order valence-electron chi connectivity index (χ1n) is 15.4. The first-order chi connectivity index (χ1) is 21.0. The summed E-state index contributed by atoms with van der Waals surface area (Å²) in [5, 5.41) is 20.0. The molecule has 3 aromatic heterocycles. The molecule has 0 spiro atoms. The van der Waals surface area contributed by atoms with Crippen molar-refractivity contribution in [1.29, 1.82) is 0 Å². The maximum atomic E-state index is 12.7. The van der Waals surface area contributed by atoms with Gasteiger partial charge in [-0.25, -0.2) is 14.5 Å². The Kier molecular flexibility index (Phi) is 8.10. The molecule has 7 rings (SSSR count). The lowest BCUT2D eigenvalue weighted by atomic mass is 9.92. The predicted molar refractivity (Wildman–Crippen MR) is 166 cm³/mol. The van der Waals surface area contributed by atoms with E-state index in [4.69, 9.17) is 24.3 Å². The van der Waals surface area contributed by atoms with Crippen LogP contribution in [-0.4, -0.2) is 73.0 Å². The lowest BCUT2D eigenvalue weighted by Crippen LogP contribution is -2.46. The average molecular weight is 603 g/mol. The van der Waals surface area contributed by atoms with Crippen molar-refractivity contribution in [2.24, 2.45) is 0 Å². The second-order valence-electron chi connectivity index (χ2n) is 13.1. The van der Waals surface area contributed by atoms with Crippen molar-refractivity contribution >= 4 is 17.4 Å². The number of aromatic nitrogens is 5. The number of carbonyl (C=O) groups is 1. The molecule has 3 aliphatic rings. The van der Waals surface area contributed by atoms with E-state index in [1.165, 1.54) is 0 Å². The second-order valence-corrected chi connectivity index (χ2v) is 13.1. The van der Waals surface area contributed by atoms with E-state index >= 15 is 0 Å². The molecule has 0 unspecified atom stereocenters. The topological polar surface area (TPSA) is 116 Å². The van der Waals surface area contributed by atoms with Crippen LogP contribution < -0.4 is 9.64 Å². The van der Waals surface area contributed by atoms with Gasteiger partial charge < -0.3 is 24.2 Å². The highest BCUT2D eigenvalue weighted by Crippen LogP contribution is 2.38. The normalized spacial score (nSPS) is 18.2. The van der Waals surface area contributed by atoms with Gasteiger partial charge in [0.1, 0.15) is 11.6 Å². The van der Waals surface area contributed by atoms with Crippen molar-refractivity contribution in [3.63, 3.8) is 0 Å². The summed E-state index contributed by atoms with van der Waals surface area (Å²) in [6.45, 7) is 12.2. The summed E-state index contributed by atoms with van der Waals surface area (Å²) in [5.74, 6) is 1.09. The molecule has 3 aliphatic heterocycles. The predicted octanol–water partition coefficient (Wildman–Crippen LogP) is 5.30. The number of rotatable bonds is 3. The monoisotopic (exact) mass is 602 g/mol. The van der Waals surface area contributed by atoms with Crippen molar-refractivity contribution in [3.8, 4) is 11.6 Å². The zero-order chi connectivity index (χ0) is 31.1. The molecule has 0 saturated carbocycles. The number of piperidine rings is 1. The van der Waals surface area contributed by atoms with Crippen LogP contribution in [-0.2, 0) is 20.7 Å². The fraction of sp³-hybridized carbons (Fsp3) is 0.515. The smallest absolute Gasteiger partial charge is 0.337 e. The zero-order valence-corrected chi connectivity index (χ0v) is 26.2. The maximum Gasteiger partial charge on any atom is 0.337 e. The summed E-state index contributed by atoms with van der Waals surface area (Å²) in [6, 6.07) is 10.00. The van der Waals surface area contributed by atoms with E-state index in [1.54, 1.807) is 9.20 Å². The summed E-state index contributed by atoms with van der Waals surface area (Å²) >= 11 is 0. The molecule has 44 heavy (non-hydrogen) atoms. The van der Waals surface area contributed by atoms with E-state index in [-0.39, 0.29) is 5.60 Å². The molecular formula is C33H42N6O5. The first kappa shape index (κ1) is 30.1. The van der Waals surface area contributed by atoms with E-state index in [0.29, 0.717) is 61.3 Å². The van der Waals surface area contributed by atoms with E-state index < -0.39 is 17.7 Å². The quantitative estimate of drug-likeness (QED) is 0.333. The molecule has 6 heterocycles. The molecule has 1 fully saturated rings. The highest BCUT2D eigenvalue weighted by molar-refractivity contribution is 5.78. The number of benzene rings is 1. The molecule has 1 atom stereocenters. The van der Waals surface area contributed by atoms with Crippen LogP contribution in [0.25, 0.3) is 11.5 Å². The number of anilines is 1. The van der Waals surface area contributed by atoms with Gasteiger partial charge in [-0.05, 0) is 77.5 Å². The molecule has 11 nitrogen and oxygen atoms in total. The van der Waals surface area contributed by atoms with Gasteiger partial charge in [0.05, 0.1) is 29.6 Å². The number of para-hydroxylation sites is 1. The molecule has 11 heteroatoms. The van der Waals surface area contributed by atoms with Crippen molar-refractivity contribution in [3.05, 3.63) is 65.1 Å². The Balaban J connectivity index is 1.47. The molecule has 6 bridgehead atoms. The molecule has 0 radical (unpaired) electrons. The Morgan fingerprint density at radius 1 is 1.14 bits per heavy atom. The summed E-state index contributed by atoms with van der Waals surface area (Å²) < 4.78 is 22.3. The van der Waals surface area contributed by atoms with E-state index in [0.717, 1.165) is 42.6 Å². The fourth-order valence-electron chi connectivity index (χ4n) is 6.04. The van der Waals surface area contributed by atoms with Crippen molar-refractivity contribution in [1.82, 2.24) is 24.4 Å². The third-order valence-corrected chi connectivity index (χ3v) is 8.35. The summed E-state index contributed by atoms with van der Waals surface area (Å²) in [7, 11) is 0. The Bertz CT molecular complexity index is 1650. The van der Waals surface area contributed by atoms with Crippen LogP contribution in [0, 0.1) is 6.92 Å². The Morgan fingerprint density at radius 2 is 1.89 bits per heavy atom. The van der Waals surface area contributed by atoms with Gasteiger partial charge in [-0.3, -0.25) is 0 Å². The zero-order valence-electron chi connectivity index (χ0n) is 26.2. The number of fused-ring (bicyclic) bond motifs is 7. The van der Waals surface area contributed by atoms with Gasteiger partial charge in [-0.2, -0.15) is 9.61 Å². The summed E-state index contributed by atoms with van der Waals surface area (Å²) in [4.78, 5) is 19.8. The molecular weight excluding hydrogens is 560 g/mol. The molecule has 4 aromatic rings. The van der Waals surface area contributed by atoms with Crippen LogP contribution in [0.3, 0.4) is 0 Å². The van der Waals surface area contributed by atoms with Crippen LogP contribution >= 0.6 is 0 Å². The fourth-order valence-corrected chi connectivity index (χ4v) is 6.04. The highest BCUT2D eigenvalue weighted by Gasteiger charge is 2.38. The standard InChI is InChI=1S/C33H42N6O5/c1-22-28(29(31(40)41)44-32(2,3)4)30-37-14-12-33(5,13-15-37)43-17-9-8-16-42-25-11-7-6-10-24(25)18-23-20-34-38(21-23)27-19-26(35-22)39(30)36-27/h6-7,10-11,19-21,29H,8-9,12-18H2,1-5H3,(H,40,41)/t29-/m0/s1. The molecule has 1 saturated heterocycles. The number of carboxylic acids is 1. The molecule has 1 aromatic carbocycles. The van der Waals surface area contributed by atoms with Gasteiger partial charge in [0.25, 0.3) is 0 Å². The third kappa shape index (κ3) is 6.30. The molecule has 0 amide bonds. The number of nitrogens with zero attached hydrogens (tertiary/aromatic N) is 6. The molecule has 234 valence electrons. The minimum absolute atomic E-state index is 0.277. The number of hydrogen-bond donors (Lipinski definition) is 1. The SMILES string of the molecule is Cc1nc2cc3nn2c(c1[C@H](OC(C)(C)C)C(=O)O)N1CCC(C)(CC1)OCCCCOc1ccccc1Cc1cnn-3c1. The Hall–Kier alpha value is -3.96. The van der Waals surface area contributed by atoms with E-state index in [2.05, 4.69) is 23.0 Å². The van der Waals surface area contributed by atoms with Crippen LogP contribution in [0.4, 0.5) is 5.82 Å². The summed E-state index contributed by atoms with van der Waals surface area (Å²) in [5.41, 5.74) is 2.86. The van der Waals surface area contributed by atoms with Gasteiger partial charge in [0.2, 0.25) is 0 Å². The largest absolute Gasteiger partial charge is 0.493 e. The van der Waals surface area contributed by atoms with Gasteiger partial charge >= 0.3 is 5.97 Å². The van der Waals surface area contributed by atoms with E-state index in [9.17, 15) is 9.90 Å². The lowest BCUT2D eigenvalue weighted by Gasteiger charge is -2.41. The second kappa shape index (κ2) is 11.9. The van der Waals surface area contributed by atoms with Crippen LogP contribution in [0.15, 0.2) is 42.7 Å². The minimum atomic E-state index is -1.22. The van der Waals surface area contributed by atoms with Crippen molar-refractivity contribution in [2.75, 3.05) is 31.2 Å². The van der Waals surface area contributed by atoms with Crippen LogP contribution in [0.5, 0.6) is 5.75 Å². The number of aryl methyl sites for hydroxylation is 1. The van der Waals surface area contributed by atoms with Crippen molar-refractivity contribution < 1.29 is 24.1 Å². The highest BCUT2D eigenvalue weighted by atomic mass is 16.5. The van der Waals surface area contributed by atoms with Crippen LogP contribution in [0.2, 0.25) is 0 Å². The molecule has 1 N–H and O–H groups in total. The molecule has 0 aliphatic carbocycles. The number of carboxylic acid groups (broad SMARTS) is 1. The number of hydrogen-bond acceptors (Lipinski definition) is 8. The van der Waals surface area contributed by atoms with E-state index in [1.807, 2.05) is 64.4 Å². The Labute approximate surface area is 257 Å². The summed E-state index contributed by atoms with van der Waals surface area (Å²) in [6.07, 6.45) is 6.63. The maximum absolute atomic E-state index is 12.7. The number of ether oxygens (including phenoxy) is 3. The van der Waals surface area contributed by atoms with Gasteiger partial charge in [-0.1, -0.05) is 18.2 Å². The van der Waals surface area contributed by atoms with Gasteiger partial charge in [-0.15, -0.1) is 5.10 Å². The Morgan fingerprint density at radius 3 is 2.64 bits per heavy atom.